The van der Waals surface area contributed by atoms with E-state index in [1.54, 1.807) is 18.4 Å². The second-order valence-corrected chi connectivity index (χ2v) is 6.10. The van der Waals surface area contributed by atoms with Crippen molar-refractivity contribution in [1.82, 2.24) is 10.6 Å². The largest absolute Gasteiger partial charge is 0.385 e. The van der Waals surface area contributed by atoms with E-state index in [9.17, 15) is 0 Å². The first kappa shape index (κ1) is 21.7. The zero-order chi connectivity index (χ0) is 15.3. The molecule has 4 nitrogen and oxygen atoms in total. The molecule has 0 saturated heterocycles. The molecule has 1 aromatic rings. The summed E-state index contributed by atoms with van der Waals surface area (Å²) in [6.07, 6.45) is 3.46. The van der Waals surface area contributed by atoms with Crippen molar-refractivity contribution in [1.29, 1.82) is 0 Å². The van der Waals surface area contributed by atoms with Gasteiger partial charge in [-0.3, -0.25) is 4.99 Å². The highest BCUT2D eigenvalue weighted by atomic mass is 127. The van der Waals surface area contributed by atoms with Gasteiger partial charge < -0.3 is 15.4 Å². The Labute approximate surface area is 156 Å². The Bertz CT molecular complexity index is 385. The van der Waals surface area contributed by atoms with Crippen molar-refractivity contribution in [3.05, 3.63) is 22.4 Å². The third kappa shape index (κ3) is 9.63. The standard InChI is InChI=1S/C16H29N3OS.HI/c1-4-17-16(18-10-6-5-7-11-20-3)19-13-14(2)15-9-8-12-21-15;/h8-9,12,14H,4-7,10-11,13H2,1-3H3,(H2,17,18,19);1H. The Hall–Kier alpha value is -0.340. The fourth-order valence-electron chi connectivity index (χ4n) is 1.99. The van der Waals surface area contributed by atoms with Crippen LogP contribution in [0.5, 0.6) is 0 Å². The zero-order valence-corrected chi connectivity index (χ0v) is 17.1. The van der Waals surface area contributed by atoms with Gasteiger partial charge in [0.2, 0.25) is 0 Å². The summed E-state index contributed by atoms with van der Waals surface area (Å²) in [5, 5.41) is 8.83. The number of hydrogen-bond acceptors (Lipinski definition) is 3. The number of nitrogens with zero attached hydrogens (tertiary/aromatic N) is 1. The van der Waals surface area contributed by atoms with Gasteiger partial charge in [0.05, 0.1) is 6.54 Å². The van der Waals surface area contributed by atoms with E-state index in [0.29, 0.717) is 5.92 Å². The minimum Gasteiger partial charge on any atom is -0.385 e. The van der Waals surface area contributed by atoms with E-state index >= 15 is 0 Å². The molecule has 0 spiro atoms. The average molecular weight is 439 g/mol. The quantitative estimate of drug-likeness (QED) is 0.252. The van der Waals surface area contributed by atoms with Crippen LogP contribution in [0.2, 0.25) is 0 Å². The Balaban J connectivity index is 0.00000441. The molecule has 1 aromatic heterocycles. The van der Waals surface area contributed by atoms with Crippen molar-refractivity contribution < 1.29 is 4.74 Å². The van der Waals surface area contributed by atoms with Crippen molar-refractivity contribution in [3.8, 4) is 0 Å². The fourth-order valence-corrected chi connectivity index (χ4v) is 2.76. The van der Waals surface area contributed by atoms with Crippen molar-refractivity contribution in [2.75, 3.05) is 33.4 Å². The van der Waals surface area contributed by atoms with Gasteiger partial charge in [0.25, 0.3) is 0 Å². The van der Waals surface area contributed by atoms with Crippen LogP contribution < -0.4 is 10.6 Å². The molecule has 0 aliphatic heterocycles. The van der Waals surface area contributed by atoms with Gasteiger partial charge in [-0.1, -0.05) is 13.0 Å². The normalized spacial score (nSPS) is 12.6. The van der Waals surface area contributed by atoms with E-state index < -0.39 is 0 Å². The fraction of sp³-hybridized carbons (Fsp3) is 0.688. The van der Waals surface area contributed by atoms with Crippen LogP contribution >= 0.6 is 35.3 Å². The molecule has 22 heavy (non-hydrogen) atoms. The molecule has 0 aromatic carbocycles. The van der Waals surface area contributed by atoms with E-state index in [1.807, 2.05) is 0 Å². The second kappa shape index (κ2) is 14.3. The smallest absolute Gasteiger partial charge is 0.191 e. The number of unbranched alkanes of at least 4 members (excludes halogenated alkanes) is 2. The minimum atomic E-state index is 0. The summed E-state index contributed by atoms with van der Waals surface area (Å²) in [6, 6.07) is 4.28. The molecule has 0 aliphatic carbocycles. The van der Waals surface area contributed by atoms with Crippen molar-refractivity contribution in [2.45, 2.75) is 39.0 Å². The summed E-state index contributed by atoms with van der Waals surface area (Å²) >= 11 is 1.80. The Morgan fingerprint density at radius 2 is 2.14 bits per heavy atom. The monoisotopic (exact) mass is 439 g/mol. The summed E-state index contributed by atoms with van der Waals surface area (Å²) in [4.78, 5) is 6.08. The molecule has 0 aliphatic rings. The number of ether oxygens (including phenoxy) is 1. The summed E-state index contributed by atoms with van der Waals surface area (Å²) in [5.74, 6) is 1.40. The van der Waals surface area contributed by atoms with Crippen LogP contribution in [0.25, 0.3) is 0 Å². The maximum absolute atomic E-state index is 5.05. The van der Waals surface area contributed by atoms with Gasteiger partial charge in [-0.2, -0.15) is 0 Å². The number of methoxy groups -OCH3 is 1. The number of hydrogen-bond donors (Lipinski definition) is 2. The highest BCUT2D eigenvalue weighted by molar-refractivity contribution is 14.0. The summed E-state index contributed by atoms with van der Waals surface area (Å²) in [5.41, 5.74) is 0. The number of nitrogens with one attached hydrogen (secondary N) is 2. The Kier molecular flexibility index (Phi) is 14.0. The number of halogens is 1. The first-order valence-corrected chi connectivity index (χ1v) is 8.70. The molecule has 0 saturated carbocycles. The third-order valence-electron chi connectivity index (χ3n) is 3.21. The SMILES string of the molecule is CCNC(=NCC(C)c1cccs1)NCCCCCOC.I. The molecule has 2 N–H and O–H groups in total. The van der Waals surface area contributed by atoms with Gasteiger partial charge >= 0.3 is 0 Å². The maximum Gasteiger partial charge on any atom is 0.191 e. The highest BCUT2D eigenvalue weighted by Crippen LogP contribution is 2.20. The van der Waals surface area contributed by atoms with E-state index in [-0.39, 0.29) is 24.0 Å². The molecule has 0 fully saturated rings. The third-order valence-corrected chi connectivity index (χ3v) is 4.32. The molecule has 1 heterocycles. The predicted molar refractivity (Wildman–Crippen MR) is 108 cm³/mol. The summed E-state index contributed by atoms with van der Waals surface area (Å²) in [7, 11) is 1.75. The molecule has 128 valence electrons. The molecular formula is C16H30IN3OS. The minimum absolute atomic E-state index is 0. The van der Waals surface area contributed by atoms with Gasteiger partial charge in [-0.05, 0) is 37.6 Å². The van der Waals surface area contributed by atoms with Crippen LogP contribution in [-0.4, -0.2) is 39.3 Å². The van der Waals surface area contributed by atoms with Gasteiger partial charge in [-0.25, -0.2) is 0 Å². The van der Waals surface area contributed by atoms with Crippen molar-refractivity contribution in [2.24, 2.45) is 4.99 Å². The molecular weight excluding hydrogens is 409 g/mol. The van der Waals surface area contributed by atoms with E-state index in [2.05, 4.69) is 47.0 Å². The average Bonchev–Trinajstić information content (AvgIpc) is 3.02. The molecule has 6 heteroatoms. The van der Waals surface area contributed by atoms with Gasteiger partial charge in [0, 0.05) is 37.6 Å². The molecule has 1 unspecified atom stereocenters. The predicted octanol–water partition coefficient (Wildman–Crippen LogP) is 3.84. The van der Waals surface area contributed by atoms with Gasteiger partial charge in [0.15, 0.2) is 5.96 Å². The van der Waals surface area contributed by atoms with Crippen LogP contribution in [0, 0.1) is 0 Å². The topological polar surface area (TPSA) is 45.7 Å². The molecule has 0 amide bonds. The summed E-state index contributed by atoms with van der Waals surface area (Å²) in [6.45, 7) is 7.85. The maximum atomic E-state index is 5.05. The van der Waals surface area contributed by atoms with Crippen LogP contribution in [0.3, 0.4) is 0 Å². The molecule has 1 atom stereocenters. The lowest BCUT2D eigenvalue weighted by molar-refractivity contribution is 0.192. The Morgan fingerprint density at radius 3 is 2.77 bits per heavy atom. The molecule has 0 radical (unpaired) electrons. The van der Waals surface area contributed by atoms with Gasteiger partial charge in [-0.15, -0.1) is 35.3 Å². The highest BCUT2D eigenvalue weighted by Gasteiger charge is 2.06. The van der Waals surface area contributed by atoms with Crippen LogP contribution in [0.4, 0.5) is 0 Å². The lowest BCUT2D eigenvalue weighted by Crippen LogP contribution is -2.38. The molecule has 0 bridgehead atoms. The Morgan fingerprint density at radius 1 is 1.32 bits per heavy atom. The van der Waals surface area contributed by atoms with Crippen LogP contribution in [0.15, 0.2) is 22.5 Å². The van der Waals surface area contributed by atoms with Gasteiger partial charge in [0.1, 0.15) is 0 Å². The number of guanidine groups is 1. The second-order valence-electron chi connectivity index (χ2n) is 5.12. The lowest BCUT2D eigenvalue weighted by atomic mass is 10.1. The number of thiophene rings is 1. The first-order chi connectivity index (χ1) is 10.3. The zero-order valence-electron chi connectivity index (χ0n) is 13.9. The van der Waals surface area contributed by atoms with Crippen LogP contribution in [-0.2, 0) is 4.74 Å². The van der Waals surface area contributed by atoms with Crippen molar-refractivity contribution in [3.63, 3.8) is 0 Å². The first-order valence-electron chi connectivity index (χ1n) is 7.82. The number of aliphatic imine (C=N–C) groups is 1. The summed E-state index contributed by atoms with van der Waals surface area (Å²) < 4.78 is 5.05. The van der Waals surface area contributed by atoms with Crippen LogP contribution in [0.1, 0.15) is 43.9 Å². The van der Waals surface area contributed by atoms with Crippen molar-refractivity contribution >= 4 is 41.3 Å². The number of rotatable bonds is 10. The lowest BCUT2D eigenvalue weighted by Gasteiger charge is -2.13. The van der Waals surface area contributed by atoms with E-state index in [0.717, 1.165) is 45.0 Å². The molecule has 1 rings (SSSR count). The van der Waals surface area contributed by atoms with E-state index in [4.69, 9.17) is 4.74 Å². The van der Waals surface area contributed by atoms with E-state index in [1.165, 1.54) is 11.3 Å².